The number of thiazole rings is 1. The van der Waals surface area contributed by atoms with Crippen molar-refractivity contribution in [3.05, 3.63) is 16.1 Å². The Kier molecular flexibility index (Phi) is 12.7. The zero-order valence-electron chi connectivity index (χ0n) is 12.4. The largest absolute Gasteiger partial charge is 0.356 e. The van der Waals surface area contributed by atoms with Crippen molar-refractivity contribution < 1.29 is 0 Å². The average Bonchev–Trinajstić information content (AvgIpc) is 2.82. The van der Waals surface area contributed by atoms with Gasteiger partial charge in [0, 0.05) is 37.6 Å². The number of hydrogen-bond donors (Lipinski definition) is 2. The number of aliphatic imine (C=N–C) groups is 1. The zero-order chi connectivity index (χ0) is 13.9. The predicted molar refractivity (Wildman–Crippen MR) is 103 cm³/mol. The summed E-state index contributed by atoms with van der Waals surface area (Å²) in [5.74, 6) is 2.12. The summed E-state index contributed by atoms with van der Waals surface area (Å²) in [6, 6.07) is 0. The molecule has 4 nitrogen and oxygen atoms in total. The SMILES string of the molecule is CN=C(NCCCCSC)NCCc1ncc(C)s1.I. The summed E-state index contributed by atoms with van der Waals surface area (Å²) in [4.78, 5) is 9.83. The minimum Gasteiger partial charge on any atom is -0.356 e. The molecule has 0 saturated carbocycles. The molecule has 0 aliphatic heterocycles. The van der Waals surface area contributed by atoms with E-state index in [1.165, 1.54) is 28.5 Å². The van der Waals surface area contributed by atoms with Crippen LogP contribution in [0.5, 0.6) is 0 Å². The second kappa shape index (κ2) is 12.7. The van der Waals surface area contributed by atoms with Crippen LogP contribution in [0.2, 0.25) is 0 Å². The minimum atomic E-state index is 0. The smallest absolute Gasteiger partial charge is 0.190 e. The molecule has 20 heavy (non-hydrogen) atoms. The van der Waals surface area contributed by atoms with Gasteiger partial charge in [0.05, 0.1) is 5.01 Å². The van der Waals surface area contributed by atoms with Gasteiger partial charge in [-0.25, -0.2) is 4.98 Å². The lowest BCUT2D eigenvalue weighted by atomic mass is 10.3. The number of aromatic nitrogens is 1. The van der Waals surface area contributed by atoms with Gasteiger partial charge < -0.3 is 10.6 Å². The lowest BCUT2D eigenvalue weighted by molar-refractivity contribution is 0.730. The maximum atomic E-state index is 4.35. The summed E-state index contributed by atoms with van der Waals surface area (Å²) in [5, 5.41) is 7.83. The fraction of sp³-hybridized carbons (Fsp3) is 0.692. The number of hydrogen-bond acceptors (Lipinski definition) is 4. The number of nitrogens with zero attached hydrogens (tertiary/aromatic N) is 2. The topological polar surface area (TPSA) is 49.3 Å². The summed E-state index contributed by atoms with van der Waals surface area (Å²) in [6.07, 6.45) is 7.47. The Balaban J connectivity index is 0.00000361. The van der Waals surface area contributed by atoms with E-state index < -0.39 is 0 Å². The van der Waals surface area contributed by atoms with Crippen LogP contribution in [0.15, 0.2) is 11.2 Å². The van der Waals surface area contributed by atoms with Gasteiger partial charge in [-0.15, -0.1) is 35.3 Å². The van der Waals surface area contributed by atoms with Crippen molar-refractivity contribution in [2.24, 2.45) is 4.99 Å². The van der Waals surface area contributed by atoms with Gasteiger partial charge in [-0.2, -0.15) is 11.8 Å². The monoisotopic (exact) mass is 428 g/mol. The first kappa shape index (κ1) is 20.0. The fourth-order valence-electron chi connectivity index (χ4n) is 1.60. The molecule has 2 N–H and O–H groups in total. The van der Waals surface area contributed by atoms with Crippen molar-refractivity contribution in [3.8, 4) is 0 Å². The van der Waals surface area contributed by atoms with E-state index in [9.17, 15) is 0 Å². The third-order valence-corrected chi connectivity index (χ3v) is 4.26. The van der Waals surface area contributed by atoms with Crippen LogP contribution in [0.4, 0.5) is 0 Å². The highest BCUT2D eigenvalue weighted by Crippen LogP contribution is 2.10. The molecule has 0 amide bonds. The summed E-state index contributed by atoms with van der Waals surface area (Å²) < 4.78 is 0. The highest BCUT2D eigenvalue weighted by atomic mass is 127. The number of halogens is 1. The van der Waals surface area contributed by atoms with Crippen LogP contribution in [0.1, 0.15) is 22.7 Å². The van der Waals surface area contributed by atoms with Crippen molar-refractivity contribution >= 4 is 53.0 Å². The summed E-state index contributed by atoms with van der Waals surface area (Å²) >= 11 is 3.66. The summed E-state index contributed by atoms with van der Waals surface area (Å²) in [5.41, 5.74) is 0. The molecule has 0 saturated heterocycles. The number of rotatable bonds is 8. The zero-order valence-corrected chi connectivity index (χ0v) is 16.4. The van der Waals surface area contributed by atoms with Gasteiger partial charge in [-0.1, -0.05) is 0 Å². The van der Waals surface area contributed by atoms with E-state index in [1.54, 1.807) is 11.3 Å². The van der Waals surface area contributed by atoms with E-state index in [2.05, 4.69) is 33.8 Å². The lowest BCUT2D eigenvalue weighted by Gasteiger charge is -2.10. The van der Waals surface area contributed by atoms with Crippen molar-refractivity contribution in [1.29, 1.82) is 0 Å². The average molecular weight is 428 g/mol. The van der Waals surface area contributed by atoms with Gasteiger partial charge >= 0.3 is 0 Å². The first-order valence-electron chi connectivity index (χ1n) is 6.61. The fourth-order valence-corrected chi connectivity index (χ4v) is 2.88. The molecule has 0 spiro atoms. The molecule has 0 atom stereocenters. The first-order chi connectivity index (χ1) is 9.26. The van der Waals surface area contributed by atoms with Gasteiger partial charge in [0.2, 0.25) is 0 Å². The quantitative estimate of drug-likeness (QED) is 0.289. The van der Waals surface area contributed by atoms with E-state index in [0.29, 0.717) is 0 Å². The van der Waals surface area contributed by atoms with Crippen LogP contribution >= 0.6 is 47.1 Å². The Morgan fingerprint density at radius 1 is 1.35 bits per heavy atom. The Bertz CT molecular complexity index is 382. The molecular formula is C13H25IN4S2. The van der Waals surface area contributed by atoms with E-state index in [-0.39, 0.29) is 24.0 Å². The second-order valence-electron chi connectivity index (χ2n) is 4.24. The van der Waals surface area contributed by atoms with Crippen LogP contribution in [0.25, 0.3) is 0 Å². The van der Waals surface area contributed by atoms with Crippen LogP contribution in [0.3, 0.4) is 0 Å². The molecule has 0 unspecified atom stereocenters. The maximum Gasteiger partial charge on any atom is 0.190 e. The number of aryl methyl sites for hydroxylation is 1. The predicted octanol–water partition coefficient (Wildman–Crippen LogP) is 2.92. The Hall–Kier alpha value is -0.0200. The molecule has 1 aromatic heterocycles. The van der Waals surface area contributed by atoms with Gasteiger partial charge in [-0.3, -0.25) is 4.99 Å². The van der Waals surface area contributed by atoms with Gasteiger partial charge in [0.15, 0.2) is 5.96 Å². The second-order valence-corrected chi connectivity index (χ2v) is 6.55. The summed E-state index contributed by atoms with van der Waals surface area (Å²) in [6.45, 7) is 3.94. The lowest BCUT2D eigenvalue weighted by Crippen LogP contribution is -2.38. The van der Waals surface area contributed by atoms with Gasteiger partial charge in [-0.05, 0) is 31.8 Å². The van der Waals surface area contributed by atoms with E-state index in [4.69, 9.17) is 0 Å². The van der Waals surface area contributed by atoms with E-state index in [0.717, 1.165) is 25.5 Å². The normalized spacial score (nSPS) is 11.1. The molecule has 1 rings (SSSR count). The molecule has 0 fully saturated rings. The Labute approximate surface area is 147 Å². The summed E-state index contributed by atoms with van der Waals surface area (Å²) in [7, 11) is 1.81. The highest BCUT2D eigenvalue weighted by molar-refractivity contribution is 14.0. The number of thioether (sulfide) groups is 1. The Morgan fingerprint density at radius 3 is 2.70 bits per heavy atom. The highest BCUT2D eigenvalue weighted by Gasteiger charge is 2.00. The van der Waals surface area contributed by atoms with Crippen LogP contribution in [-0.2, 0) is 6.42 Å². The molecule has 0 aromatic carbocycles. The molecule has 0 aliphatic carbocycles. The number of guanidine groups is 1. The van der Waals surface area contributed by atoms with Crippen molar-refractivity contribution in [2.45, 2.75) is 26.2 Å². The molecule has 116 valence electrons. The van der Waals surface area contributed by atoms with Crippen molar-refractivity contribution in [2.75, 3.05) is 32.1 Å². The molecule has 0 aliphatic rings. The number of unbranched alkanes of at least 4 members (excludes halogenated alkanes) is 1. The van der Waals surface area contributed by atoms with Crippen LogP contribution < -0.4 is 10.6 Å². The van der Waals surface area contributed by atoms with E-state index >= 15 is 0 Å². The number of nitrogens with one attached hydrogen (secondary N) is 2. The molecule has 0 radical (unpaired) electrons. The molecule has 1 heterocycles. The van der Waals surface area contributed by atoms with Crippen LogP contribution in [0, 0.1) is 6.92 Å². The minimum absolute atomic E-state index is 0. The van der Waals surface area contributed by atoms with E-state index in [1.807, 2.05) is 25.0 Å². The molecule has 7 heteroatoms. The molecule has 1 aromatic rings. The third-order valence-electron chi connectivity index (χ3n) is 2.59. The molecule has 0 bridgehead atoms. The van der Waals surface area contributed by atoms with Crippen molar-refractivity contribution in [1.82, 2.24) is 15.6 Å². The standard InChI is InChI=1S/C13H24N4S2.HI/c1-11-10-17-12(19-11)6-8-16-13(14-2)15-7-4-5-9-18-3;/h10H,4-9H2,1-3H3,(H2,14,15,16);1H. The Morgan fingerprint density at radius 2 is 2.10 bits per heavy atom. The maximum absolute atomic E-state index is 4.35. The van der Waals surface area contributed by atoms with Gasteiger partial charge in [0.1, 0.15) is 0 Å². The van der Waals surface area contributed by atoms with Crippen LogP contribution in [-0.4, -0.2) is 43.1 Å². The third kappa shape index (κ3) is 9.02. The molecular weight excluding hydrogens is 403 g/mol. The van der Waals surface area contributed by atoms with Crippen molar-refractivity contribution in [3.63, 3.8) is 0 Å². The van der Waals surface area contributed by atoms with Gasteiger partial charge in [0.25, 0.3) is 0 Å². The first-order valence-corrected chi connectivity index (χ1v) is 8.82.